The Balaban J connectivity index is 1.28. The second-order valence-corrected chi connectivity index (χ2v) is 8.53. The van der Waals surface area contributed by atoms with Crippen LogP contribution in [0.5, 0.6) is 11.8 Å². The summed E-state index contributed by atoms with van der Waals surface area (Å²) in [6.45, 7) is 3.92. The van der Waals surface area contributed by atoms with Gasteiger partial charge in [0.25, 0.3) is 0 Å². The number of benzene rings is 1. The number of anilines is 1. The molecular weight excluding hydrogens is 402 g/mol. The van der Waals surface area contributed by atoms with E-state index in [9.17, 15) is 8.78 Å². The summed E-state index contributed by atoms with van der Waals surface area (Å²) in [4.78, 5) is 15.5. The van der Waals surface area contributed by atoms with Gasteiger partial charge in [0.1, 0.15) is 29.5 Å². The Morgan fingerprint density at radius 2 is 1.74 bits per heavy atom. The lowest BCUT2D eigenvalue weighted by atomic mass is 9.82. The van der Waals surface area contributed by atoms with Crippen LogP contribution in [0.1, 0.15) is 24.4 Å². The van der Waals surface area contributed by atoms with E-state index in [1.807, 2.05) is 13.0 Å². The van der Waals surface area contributed by atoms with Crippen molar-refractivity contribution in [2.45, 2.75) is 26.2 Å². The number of hydrogen-bond donors (Lipinski definition) is 0. The average Bonchev–Trinajstić information content (AvgIpc) is 3.15. The number of piperidine rings is 1. The van der Waals surface area contributed by atoms with Crippen LogP contribution in [-0.2, 0) is 13.5 Å². The number of fused-ring (bicyclic) bond motifs is 2. The molecule has 1 aliphatic heterocycles. The van der Waals surface area contributed by atoms with E-state index in [2.05, 4.69) is 25.0 Å². The summed E-state index contributed by atoms with van der Waals surface area (Å²) < 4.78 is 34.0. The van der Waals surface area contributed by atoms with Crippen LogP contribution in [0.4, 0.5) is 14.6 Å². The molecule has 2 aliphatic rings. The quantitative estimate of drug-likeness (QED) is 0.620. The molecular formula is C22H24F2N6O. The standard InChI is InChI=1S/C22H24F2N6O/c1-13-5-21(26-12-25-13)30-10-14-3-4-15(11-30)19(14)9-20-27-22(29(2)28-20)31-18-7-16(23)6-17(24)8-18/h5-8,12,14-15,19H,3-4,9-11H2,1-2H3/t14-,15+,19?. The molecule has 2 aromatic heterocycles. The molecule has 3 atom stereocenters. The van der Waals surface area contributed by atoms with Crippen molar-refractivity contribution in [2.75, 3.05) is 18.0 Å². The molecule has 9 heteroatoms. The van der Waals surface area contributed by atoms with Gasteiger partial charge in [-0.3, -0.25) is 0 Å². The fourth-order valence-electron chi connectivity index (χ4n) is 4.97. The number of hydrogen-bond acceptors (Lipinski definition) is 6. The second kappa shape index (κ2) is 7.86. The summed E-state index contributed by atoms with van der Waals surface area (Å²) in [7, 11) is 1.72. The van der Waals surface area contributed by atoms with Crippen molar-refractivity contribution >= 4 is 5.82 Å². The molecule has 31 heavy (non-hydrogen) atoms. The Hall–Kier alpha value is -3.10. The van der Waals surface area contributed by atoms with E-state index in [1.54, 1.807) is 13.4 Å². The number of rotatable bonds is 5. The lowest BCUT2D eigenvalue weighted by Gasteiger charge is -2.38. The Morgan fingerprint density at radius 1 is 1.03 bits per heavy atom. The summed E-state index contributed by atoms with van der Waals surface area (Å²) in [5.41, 5.74) is 0.975. The molecule has 0 radical (unpaired) electrons. The van der Waals surface area contributed by atoms with Crippen molar-refractivity contribution < 1.29 is 13.5 Å². The van der Waals surface area contributed by atoms with Gasteiger partial charge in [-0.2, -0.15) is 10.1 Å². The van der Waals surface area contributed by atoms with Gasteiger partial charge in [0.2, 0.25) is 0 Å². The summed E-state index contributed by atoms with van der Waals surface area (Å²) in [5.74, 6) is 1.98. The van der Waals surface area contributed by atoms with Crippen LogP contribution in [0.25, 0.3) is 0 Å². The van der Waals surface area contributed by atoms with Gasteiger partial charge in [-0.1, -0.05) is 0 Å². The van der Waals surface area contributed by atoms with Gasteiger partial charge in [0, 0.05) is 56.5 Å². The number of nitrogens with zero attached hydrogens (tertiary/aromatic N) is 6. The van der Waals surface area contributed by atoms with E-state index in [1.165, 1.54) is 17.5 Å². The first-order chi connectivity index (χ1) is 14.9. The Labute approximate surface area is 179 Å². The van der Waals surface area contributed by atoms with Crippen LogP contribution in [0.3, 0.4) is 0 Å². The number of aromatic nitrogens is 5. The van der Waals surface area contributed by atoms with Crippen LogP contribution < -0.4 is 9.64 Å². The topological polar surface area (TPSA) is 69.0 Å². The maximum atomic E-state index is 13.4. The molecule has 1 saturated carbocycles. The van der Waals surface area contributed by atoms with Crippen LogP contribution in [0.15, 0.2) is 30.6 Å². The summed E-state index contributed by atoms with van der Waals surface area (Å²) in [5, 5.41) is 4.49. The zero-order valence-electron chi connectivity index (χ0n) is 17.5. The highest BCUT2D eigenvalue weighted by atomic mass is 19.1. The van der Waals surface area contributed by atoms with Gasteiger partial charge in [-0.25, -0.2) is 23.4 Å². The van der Waals surface area contributed by atoms with E-state index < -0.39 is 11.6 Å². The van der Waals surface area contributed by atoms with E-state index in [0.717, 1.165) is 49.2 Å². The molecule has 1 unspecified atom stereocenters. The lowest BCUT2D eigenvalue weighted by Crippen LogP contribution is -2.43. The number of ether oxygens (including phenoxy) is 1. The Morgan fingerprint density at radius 3 is 2.42 bits per heavy atom. The molecule has 5 rings (SSSR count). The highest BCUT2D eigenvalue weighted by Crippen LogP contribution is 2.44. The van der Waals surface area contributed by atoms with Gasteiger partial charge in [0.15, 0.2) is 5.82 Å². The van der Waals surface area contributed by atoms with Crippen molar-refractivity contribution in [2.24, 2.45) is 24.8 Å². The van der Waals surface area contributed by atoms with Gasteiger partial charge in [0.05, 0.1) is 0 Å². The normalized spacial score (nSPS) is 22.7. The average molecular weight is 426 g/mol. The summed E-state index contributed by atoms with van der Waals surface area (Å²) in [6, 6.07) is 5.32. The van der Waals surface area contributed by atoms with Crippen molar-refractivity contribution in [1.29, 1.82) is 0 Å². The molecule has 1 saturated heterocycles. The first-order valence-corrected chi connectivity index (χ1v) is 10.5. The molecule has 1 aromatic carbocycles. The monoisotopic (exact) mass is 426 g/mol. The second-order valence-electron chi connectivity index (χ2n) is 8.53. The molecule has 1 aliphatic carbocycles. The van der Waals surface area contributed by atoms with Crippen LogP contribution in [-0.4, -0.2) is 37.8 Å². The zero-order chi connectivity index (χ0) is 21.5. The third kappa shape index (κ3) is 4.08. The van der Waals surface area contributed by atoms with Crippen molar-refractivity contribution in [3.8, 4) is 11.8 Å². The van der Waals surface area contributed by atoms with E-state index in [0.29, 0.717) is 23.6 Å². The third-order valence-corrected chi connectivity index (χ3v) is 6.37. The molecule has 162 valence electrons. The highest BCUT2D eigenvalue weighted by Gasteiger charge is 2.42. The molecule has 0 spiro atoms. The Kier molecular flexibility index (Phi) is 5.03. The molecule has 3 aromatic rings. The maximum absolute atomic E-state index is 13.4. The van der Waals surface area contributed by atoms with E-state index >= 15 is 0 Å². The zero-order valence-corrected chi connectivity index (χ0v) is 17.5. The smallest absolute Gasteiger partial charge is 0.320 e. The minimum absolute atomic E-state index is 0.0630. The summed E-state index contributed by atoms with van der Waals surface area (Å²) in [6.07, 6.45) is 4.77. The molecule has 2 fully saturated rings. The fourth-order valence-corrected chi connectivity index (χ4v) is 4.97. The molecule has 0 N–H and O–H groups in total. The predicted molar refractivity (Wildman–Crippen MR) is 110 cm³/mol. The fraction of sp³-hybridized carbons (Fsp3) is 0.455. The highest BCUT2D eigenvalue weighted by molar-refractivity contribution is 5.40. The molecule has 0 amide bonds. The number of halogens is 2. The third-order valence-electron chi connectivity index (χ3n) is 6.37. The van der Waals surface area contributed by atoms with Gasteiger partial charge < -0.3 is 9.64 Å². The first kappa shape index (κ1) is 19.8. The van der Waals surface area contributed by atoms with Crippen molar-refractivity contribution in [3.05, 3.63) is 53.7 Å². The van der Waals surface area contributed by atoms with E-state index in [4.69, 9.17) is 4.74 Å². The molecule has 3 heterocycles. The van der Waals surface area contributed by atoms with Crippen molar-refractivity contribution in [1.82, 2.24) is 24.7 Å². The van der Waals surface area contributed by atoms with Gasteiger partial charge >= 0.3 is 6.01 Å². The summed E-state index contributed by atoms with van der Waals surface area (Å²) >= 11 is 0. The van der Waals surface area contributed by atoms with E-state index in [-0.39, 0.29) is 11.8 Å². The number of aryl methyl sites for hydroxylation is 2. The van der Waals surface area contributed by atoms with Gasteiger partial charge in [-0.15, -0.1) is 0 Å². The lowest BCUT2D eigenvalue weighted by molar-refractivity contribution is 0.264. The minimum Gasteiger partial charge on any atom is -0.424 e. The molecule has 7 nitrogen and oxygen atoms in total. The van der Waals surface area contributed by atoms with Crippen LogP contribution >= 0.6 is 0 Å². The first-order valence-electron chi connectivity index (χ1n) is 10.5. The maximum Gasteiger partial charge on any atom is 0.320 e. The Bertz CT molecular complexity index is 1070. The minimum atomic E-state index is -0.695. The SMILES string of the molecule is Cc1cc(N2C[C@H]3CC[C@@H](C2)C3Cc2nc(Oc3cc(F)cc(F)c3)n(C)n2)ncn1. The van der Waals surface area contributed by atoms with Gasteiger partial charge in [-0.05, 0) is 37.5 Å². The van der Waals surface area contributed by atoms with Crippen molar-refractivity contribution in [3.63, 3.8) is 0 Å². The molecule has 2 bridgehead atoms. The predicted octanol–water partition coefficient (Wildman–Crippen LogP) is 3.69. The van der Waals surface area contributed by atoms with Crippen LogP contribution in [0, 0.1) is 36.3 Å². The largest absolute Gasteiger partial charge is 0.424 e. The van der Waals surface area contributed by atoms with Crippen LogP contribution in [0.2, 0.25) is 0 Å².